The normalized spacial score (nSPS) is 12.2. The van der Waals surface area contributed by atoms with E-state index in [2.05, 4.69) is 30.2 Å². The van der Waals surface area contributed by atoms with Gasteiger partial charge in [0.15, 0.2) is 0 Å². The predicted octanol–water partition coefficient (Wildman–Crippen LogP) is 6.16. The summed E-state index contributed by atoms with van der Waals surface area (Å²) in [4.78, 5) is -0.236. The zero-order chi connectivity index (χ0) is 28.1. The lowest BCUT2D eigenvalue weighted by Crippen LogP contribution is -2.27. The number of ether oxygens (including phenoxy) is 2. The maximum absolute atomic E-state index is 13.0. The molecule has 1 rings (SSSR count). The first-order valence-electron chi connectivity index (χ1n) is 14.6. The van der Waals surface area contributed by atoms with Crippen molar-refractivity contribution in [1.82, 2.24) is 9.44 Å². The zero-order valence-corrected chi connectivity index (χ0v) is 25.6. The van der Waals surface area contributed by atoms with E-state index in [0.717, 1.165) is 77.0 Å². The van der Waals surface area contributed by atoms with Crippen LogP contribution in [0.5, 0.6) is 5.75 Å². The Morgan fingerprint density at radius 1 is 0.553 bits per heavy atom. The molecule has 0 spiro atoms. The molecule has 1 aromatic carbocycles. The van der Waals surface area contributed by atoms with Crippen molar-refractivity contribution in [3.8, 4) is 5.75 Å². The van der Waals surface area contributed by atoms with Gasteiger partial charge < -0.3 is 9.47 Å². The Morgan fingerprint density at radius 2 is 1.00 bits per heavy atom. The molecule has 0 unspecified atom stereocenters. The summed E-state index contributed by atoms with van der Waals surface area (Å²) in [6.45, 7) is 8.17. The van der Waals surface area contributed by atoms with E-state index < -0.39 is 20.0 Å². The molecule has 38 heavy (non-hydrogen) atoms. The van der Waals surface area contributed by atoms with Gasteiger partial charge in [0, 0.05) is 31.8 Å². The summed E-state index contributed by atoms with van der Waals surface area (Å²) in [5, 5.41) is 0. The first-order chi connectivity index (χ1) is 18.3. The minimum Gasteiger partial charge on any atom is -0.491 e. The second kappa shape index (κ2) is 20.7. The van der Waals surface area contributed by atoms with Crippen molar-refractivity contribution in [2.24, 2.45) is 0 Å². The van der Waals surface area contributed by atoms with Crippen LogP contribution in [0.4, 0.5) is 0 Å². The van der Waals surface area contributed by atoms with Crippen molar-refractivity contribution in [1.29, 1.82) is 0 Å². The van der Waals surface area contributed by atoms with Gasteiger partial charge in [0.1, 0.15) is 12.4 Å². The lowest BCUT2D eigenvalue weighted by Gasteiger charge is -2.14. The second-order valence-corrected chi connectivity index (χ2v) is 13.3. The Labute approximate surface area is 232 Å². The maximum Gasteiger partial charge on any atom is 0.240 e. The summed E-state index contributed by atoms with van der Waals surface area (Å²) in [5.74, 6) is 0.187. The number of unbranched alkanes of at least 4 members (excludes halogenated alkanes) is 11. The third-order valence-electron chi connectivity index (χ3n) is 6.26. The first kappa shape index (κ1) is 34.8. The topological polar surface area (TPSA) is 111 Å². The fourth-order valence-electron chi connectivity index (χ4n) is 3.90. The minimum absolute atomic E-state index is 0.118. The van der Waals surface area contributed by atoms with Gasteiger partial charge in [-0.3, -0.25) is 0 Å². The average Bonchev–Trinajstić information content (AvgIpc) is 2.89. The van der Waals surface area contributed by atoms with Crippen LogP contribution >= 0.6 is 0 Å². The van der Waals surface area contributed by atoms with Crippen LogP contribution < -0.4 is 14.2 Å². The molecule has 0 heterocycles. The molecule has 0 aliphatic rings. The number of benzene rings is 1. The number of nitrogens with one attached hydrogen (secondary N) is 2. The van der Waals surface area contributed by atoms with E-state index in [4.69, 9.17) is 9.47 Å². The molecule has 0 bridgehead atoms. The Balaban J connectivity index is 2.87. The summed E-state index contributed by atoms with van der Waals surface area (Å²) in [6.07, 6.45) is 14.5. The fourth-order valence-corrected chi connectivity index (χ4v) is 6.24. The average molecular weight is 577 g/mol. The molecule has 0 fully saturated rings. The second-order valence-electron chi connectivity index (χ2n) is 9.79. The smallest absolute Gasteiger partial charge is 0.240 e. The van der Waals surface area contributed by atoms with Gasteiger partial charge in [-0.1, -0.05) is 91.4 Å². The van der Waals surface area contributed by atoms with Crippen LogP contribution in [-0.2, 0) is 24.8 Å². The van der Waals surface area contributed by atoms with Crippen LogP contribution in [0.1, 0.15) is 111 Å². The Kier molecular flexibility index (Phi) is 18.9. The van der Waals surface area contributed by atoms with E-state index in [1.165, 1.54) is 31.0 Å². The predicted molar refractivity (Wildman–Crippen MR) is 155 cm³/mol. The largest absolute Gasteiger partial charge is 0.491 e. The summed E-state index contributed by atoms with van der Waals surface area (Å²) in [6, 6.07) is 3.96. The Hall–Kier alpha value is -1.20. The third kappa shape index (κ3) is 15.4. The molecule has 0 aliphatic heterocycles. The van der Waals surface area contributed by atoms with Gasteiger partial charge in [0.2, 0.25) is 20.0 Å². The summed E-state index contributed by atoms with van der Waals surface area (Å²) in [7, 11) is -7.79. The third-order valence-corrected chi connectivity index (χ3v) is 9.14. The lowest BCUT2D eigenvalue weighted by molar-refractivity contribution is 0.0979. The van der Waals surface area contributed by atoms with E-state index in [9.17, 15) is 16.8 Å². The van der Waals surface area contributed by atoms with Crippen LogP contribution in [0.15, 0.2) is 28.0 Å². The van der Waals surface area contributed by atoms with Crippen molar-refractivity contribution in [3.63, 3.8) is 0 Å². The molecule has 0 aromatic heterocycles. The highest BCUT2D eigenvalue weighted by molar-refractivity contribution is 7.90. The molecule has 8 nitrogen and oxygen atoms in total. The van der Waals surface area contributed by atoms with Gasteiger partial charge in [0.05, 0.1) is 16.4 Å². The molecule has 0 saturated carbocycles. The van der Waals surface area contributed by atoms with E-state index in [1.807, 2.05) is 0 Å². The van der Waals surface area contributed by atoms with Crippen LogP contribution in [0.2, 0.25) is 0 Å². The molecule has 222 valence electrons. The van der Waals surface area contributed by atoms with Crippen LogP contribution in [0.3, 0.4) is 0 Å². The maximum atomic E-state index is 13.0. The highest BCUT2D eigenvalue weighted by atomic mass is 32.2. The molecule has 1 aromatic rings. The number of hydrogen-bond donors (Lipinski definition) is 2. The molecular weight excluding hydrogens is 524 g/mol. The van der Waals surface area contributed by atoms with Crippen molar-refractivity contribution in [3.05, 3.63) is 18.2 Å². The van der Waals surface area contributed by atoms with Gasteiger partial charge in [-0.05, 0) is 25.3 Å². The quantitative estimate of drug-likeness (QED) is 0.135. The zero-order valence-electron chi connectivity index (χ0n) is 23.9. The molecule has 0 saturated heterocycles. The number of rotatable bonds is 25. The van der Waals surface area contributed by atoms with E-state index in [-0.39, 0.29) is 22.1 Å². The van der Waals surface area contributed by atoms with E-state index in [0.29, 0.717) is 26.3 Å². The molecule has 2 N–H and O–H groups in total. The summed E-state index contributed by atoms with van der Waals surface area (Å²) < 4.78 is 68.6. The SMILES string of the molecule is CCCCCCCCNS(=O)(=O)c1cc(OCCOCCCC)cc(S(=O)(=O)NCCCCCCCC)c1. The fraction of sp³-hybridized carbons (Fsp3) is 0.786. The molecule has 0 atom stereocenters. The lowest BCUT2D eigenvalue weighted by atomic mass is 10.1. The van der Waals surface area contributed by atoms with Gasteiger partial charge in [-0.2, -0.15) is 0 Å². The monoisotopic (exact) mass is 576 g/mol. The molecule has 0 amide bonds. The summed E-state index contributed by atoms with van der Waals surface area (Å²) >= 11 is 0. The van der Waals surface area contributed by atoms with Crippen molar-refractivity contribution >= 4 is 20.0 Å². The van der Waals surface area contributed by atoms with Crippen LogP contribution in [0, 0.1) is 0 Å². The van der Waals surface area contributed by atoms with Gasteiger partial charge in [0.25, 0.3) is 0 Å². The molecule has 10 heteroatoms. The Morgan fingerprint density at radius 3 is 1.47 bits per heavy atom. The number of hydrogen-bond acceptors (Lipinski definition) is 6. The van der Waals surface area contributed by atoms with Crippen LogP contribution in [-0.4, -0.2) is 49.7 Å². The summed E-state index contributed by atoms with van der Waals surface area (Å²) in [5.41, 5.74) is 0. The molecule has 0 radical (unpaired) electrons. The highest BCUT2D eigenvalue weighted by Gasteiger charge is 2.22. The van der Waals surface area contributed by atoms with Gasteiger partial charge in [-0.15, -0.1) is 0 Å². The van der Waals surface area contributed by atoms with Gasteiger partial charge >= 0.3 is 0 Å². The number of sulfonamides is 2. The van der Waals surface area contributed by atoms with Gasteiger partial charge in [-0.25, -0.2) is 26.3 Å². The van der Waals surface area contributed by atoms with Crippen molar-refractivity contribution in [2.75, 3.05) is 32.9 Å². The van der Waals surface area contributed by atoms with E-state index in [1.54, 1.807) is 0 Å². The molecular formula is C28H52N2O6S2. The van der Waals surface area contributed by atoms with Crippen molar-refractivity contribution in [2.45, 2.75) is 120 Å². The first-order valence-corrected chi connectivity index (χ1v) is 17.6. The van der Waals surface area contributed by atoms with Crippen LogP contribution in [0.25, 0.3) is 0 Å². The van der Waals surface area contributed by atoms with E-state index >= 15 is 0 Å². The highest BCUT2D eigenvalue weighted by Crippen LogP contribution is 2.24. The standard InChI is InChI=1S/C28H52N2O6S2/c1-4-7-10-12-14-16-18-29-37(31,32)27-23-26(36-22-21-35-20-9-6-3)24-28(25-27)38(33,34)30-19-17-15-13-11-8-5-2/h23-25,29-30H,4-22H2,1-3H3. The minimum atomic E-state index is -3.90. The molecule has 0 aliphatic carbocycles. The van der Waals surface area contributed by atoms with Crippen molar-refractivity contribution < 1.29 is 26.3 Å². The Bertz CT molecular complexity index is 886.